The lowest BCUT2D eigenvalue weighted by atomic mass is 9.78. The Kier molecular flexibility index (Phi) is 4.69. The van der Waals surface area contributed by atoms with Crippen LogP contribution in [-0.2, 0) is 10.8 Å². The molecule has 0 bridgehead atoms. The first-order chi connectivity index (χ1) is 14.1. The van der Waals surface area contributed by atoms with Crippen LogP contribution >= 0.6 is 0 Å². The number of phenolic OH excluding ortho intramolecular Hbond substituents is 1. The Balaban J connectivity index is 2.04. The second kappa shape index (κ2) is 6.98. The average Bonchev–Trinajstić information content (AvgIpc) is 3.07. The molecule has 0 unspecified atom stereocenters. The number of para-hydroxylation sites is 1. The van der Waals surface area contributed by atoms with Gasteiger partial charge in [0.1, 0.15) is 11.4 Å². The third-order valence-corrected chi connectivity index (χ3v) is 5.44. The number of hydrogen-bond acceptors (Lipinski definition) is 3. The van der Waals surface area contributed by atoms with E-state index in [-0.39, 0.29) is 10.8 Å². The molecule has 0 spiro atoms. The van der Waals surface area contributed by atoms with E-state index in [2.05, 4.69) is 64.7 Å². The minimum absolute atomic E-state index is 0.198. The van der Waals surface area contributed by atoms with Gasteiger partial charge in [-0.1, -0.05) is 59.7 Å². The molecule has 0 radical (unpaired) electrons. The van der Waals surface area contributed by atoms with Crippen LogP contribution in [0.1, 0.15) is 52.7 Å². The number of hydrogen-bond donors (Lipinski definition) is 1. The molecule has 4 rings (SSSR count). The van der Waals surface area contributed by atoms with Gasteiger partial charge in [0.2, 0.25) is 0 Å². The Morgan fingerprint density at radius 3 is 1.97 bits per heavy atom. The summed E-state index contributed by atoms with van der Waals surface area (Å²) in [6.45, 7) is 12.8. The van der Waals surface area contributed by atoms with Crippen molar-refractivity contribution >= 4 is 11.0 Å². The van der Waals surface area contributed by atoms with Gasteiger partial charge in [0.15, 0.2) is 5.65 Å². The van der Waals surface area contributed by atoms with Gasteiger partial charge in [-0.25, -0.2) is 9.67 Å². The van der Waals surface area contributed by atoms with Crippen molar-refractivity contribution < 1.29 is 5.11 Å². The maximum atomic E-state index is 11.1. The zero-order valence-electron chi connectivity index (χ0n) is 18.6. The van der Waals surface area contributed by atoms with Gasteiger partial charge in [-0.15, -0.1) is 0 Å². The minimum atomic E-state index is -0.198. The lowest BCUT2D eigenvalue weighted by molar-refractivity contribution is 0.423. The van der Waals surface area contributed by atoms with Gasteiger partial charge >= 0.3 is 0 Å². The Morgan fingerprint density at radius 1 is 0.800 bits per heavy atom. The average molecular weight is 400 g/mol. The largest absolute Gasteiger partial charge is 0.507 e. The maximum absolute atomic E-state index is 11.1. The van der Waals surface area contributed by atoms with Crippen LogP contribution in [0, 0.1) is 0 Å². The highest BCUT2D eigenvalue weighted by atomic mass is 16.3. The first kappa shape index (κ1) is 20.1. The van der Waals surface area contributed by atoms with Crippen LogP contribution < -0.4 is 0 Å². The van der Waals surface area contributed by atoms with Crippen LogP contribution in [0.3, 0.4) is 0 Å². The van der Waals surface area contributed by atoms with E-state index in [4.69, 9.17) is 5.10 Å². The smallest absolute Gasteiger partial charge is 0.163 e. The third kappa shape index (κ3) is 3.47. The van der Waals surface area contributed by atoms with Crippen LogP contribution in [0.4, 0.5) is 0 Å². The zero-order valence-corrected chi connectivity index (χ0v) is 18.6. The highest BCUT2D eigenvalue weighted by Gasteiger charge is 2.28. The number of pyridine rings is 1. The molecule has 4 heteroatoms. The topological polar surface area (TPSA) is 50.9 Å². The van der Waals surface area contributed by atoms with Crippen molar-refractivity contribution in [3.8, 4) is 22.7 Å². The Labute approximate surface area is 178 Å². The number of aromatic hydroxyl groups is 1. The molecule has 0 saturated carbocycles. The van der Waals surface area contributed by atoms with Crippen molar-refractivity contribution in [1.29, 1.82) is 0 Å². The molecule has 2 aromatic carbocycles. The summed E-state index contributed by atoms with van der Waals surface area (Å²) in [7, 11) is 0. The summed E-state index contributed by atoms with van der Waals surface area (Å²) in [5.41, 5.74) is 5.12. The van der Waals surface area contributed by atoms with Gasteiger partial charge in [0.25, 0.3) is 0 Å². The molecule has 4 nitrogen and oxygen atoms in total. The fourth-order valence-electron chi connectivity index (χ4n) is 3.83. The third-order valence-electron chi connectivity index (χ3n) is 5.44. The molecular weight excluding hydrogens is 370 g/mol. The summed E-state index contributed by atoms with van der Waals surface area (Å²) in [5.74, 6) is 0.378. The molecule has 0 atom stereocenters. The van der Waals surface area contributed by atoms with Crippen molar-refractivity contribution in [2.45, 2.75) is 52.4 Å². The lowest BCUT2D eigenvalue weighted by Gasteiger charge is -2.28. The Morgan fingerprint density at radius 2 is 1.40 bits per heavy atom. The van der Waals surface area contributed by atoms with E-state index in [1.165, 1.54) is 0 Å². The van der Waals surface area contributed by atoms with Gasteiger partial charge in [0.05, 0.1) is 5.69 Å². The van der Waals surface area contributed by atoms with Gasteiger partial charge in [-0.3, -0.25) is 0 Å². The van der Waals surface area contributed by atoms with E-state index in [0.717, 1.165) is 39.1 Å². The maximum Gasteiger partial charge on any atom is 0.163 e. The molecule has 1 N–H and O–H groups in total. The summed E-state index contributed by atoms with van der Waals surface area (Å²) in [4.78, 5) is 4.61. The van der Waals surface area contributed by atoms with E-state index in [1.807, 2.05) is 41.1 Å². The predicted molar refractivity (Wildman–Crippen MR) is 123 cm³/mol. The summed E-state index contributed by atoms with van der Waals surface area (Å²) >= 11 is 0. The number of nitrogens with zero attached hydrogens (tertiary/aromatic N) is 3. The standard InChI is InChI=1S/C26H29N3O/c1-25(2,3)20-15-17(16-21(23(20)30)26(4,5)6)22-19-13-10-14-27-24(19)29(28-22)18-11-8-7-9-12-18/h7-16,30H,1-6H3. The summed E-state index contributed by atoms with van der Waals surface area (Å²) in [6.07, 6.45) is 1.80. The van der Waals surface area contributed by atoms with Crippen LogP contribution in [0.5, 0.6) is 5.75 Å². The molecule has 30 heavy (non-hydrogen) atoms. The first-order valence-corrected chi connectivity index (χ1v) is 10.3. The van der Waals surface area contributed by atoms with E-state index in [9.17, 15) is 5.11 Å². The van der Waals surface area contributed by atoms with Crippen molar-refractivity contribution in [2.24, 2.45) is 0 Å². The number of benzene rings is 2. The number of fused-ring (bicyclic) bond motifs is 1. The van der Waals surface area contributed by atoms with Crippen LogP contribution in [0.25, 0.3) is 28.0 Å². The fourth-order valence-corrected chi connectivity index (χ4v) is 3.83. The summed E-state index contributed by atoms with van der Waals surface area (Å²) in [5, 5.41) is 17.1. The highest BCUT2D eigenvalue weighted by molar-refractivity contribution is 5.92. The molecule has 0 aliphatic heterocycles. The quantitative estimate of drug-likeness (QED) is 0.425. The SMILES string of the molecule is CC(C)(C)c1cc(-c2nn(-c3ccccc3)c3ncccc23)cc(C(C)(C)C)c1O. The Bertz CT molecular complexity index is 1170. The van der Waals surface area contributed by atoms with E-state index in [1.54, 1.807) is 6.20 Å². The monoisotopic (exact) mass is 399 g/mol. The lowest BCUT2D eigenvalue weighted by Crippen LogP contribution is -2.17. The van der Waals surface area contributed by atoms with E-state index in [0.29, 0.717) is 5.75 Å². The predicted octanol–water partition coefficient (Wildman–Crippen LogP) is 6.39. The molecule has 154 valence electrons. The molecule has 4 aromatic rings. The number of phenols is 1. The second-order valence-corrected chi connectivity index (χ2v) is 9.89. The second-order valence-electron chi connectivity index (χ2n) is 9.89. The first-order valence-electron chi connectivity index (χ1n) is 10.3. The van der Waals surface area contributed by atoms with Crippen molar-refractivity contribution in [3.05, 3.63) is 71.9 Å². The van der Waals surface area contributed by atoms with E-state index < -0.39 is 0 Å². The van der Waals surface area contributed by atoms with Crippen LogP contribution in [0.15, 0.2) is 60.8 Å². The normalized spacial score (nSPS) is 12.5. The van der Waals surface area contributed by atoms with Gasteiger partial charge in [0, 0.05) is 28.3 Å². The van der Waals surface area contributed by atoms with Gasteiger partial charge < -0.3 is 5.11 Å². The van der Waals surface area contributed by atoms with Crippen molar-refractivity contribution in [1.82, 2.24) is 14.8 Å². The van der Waals surface area contributed by atoms with Gasteiger partial charge in [-0.05, 0) is 47.2 Å². The summed E-state index contributed by atoms with van der Waals surface area (Å²) in [6, 6.07) is 18.2. The van der Waals surface area contributed by atoms with Crippen LogP contribution in [-0.4, -0.2) is 19.9 Å². The zero-order chi connectivity index (χ0) is 21.7. The molecule has 0 amide bonds. The molecular formula is C26H29N3O. The minimum Gasteiger partial charge on any atom is -0.507 e. The number of rotatable bonds is 2. The molecule has 0 aliphatic carbocycles. The molecule has 0 aliphatic rings. The van der Waals surface area contributed by atoms with Crippen LogP contribution in [0.2, 0.25) is 0 Å². The molecule has 0 fully saturated rings. The van der Waals surface area contributed by atoms with Gasteiger partial charge in [-0.2, -0.15) is 5.10 Å². The number of aromatic nitrogens is 3. The molecule has 2 heterocycles. The molecule has 2 aromatic heterocycles. The Hall–Kier alpha value is -3.14. The summed E-state index contributed by atoms with van der Waals surface area (Å²) < 4.78 is 1.89. The van der Waals surface area contributed by atoms with E-state index >= 15 is 0 Å². The highest BCUT2D eigenvalue weighted by Crippen LogP contribution is 2.42. The van der Waals surface area contributed by atoms with Crippen molar-refractivity contribution in [2.75, 3.05) is 0 Å². The fraction of sp³-hybridized carbons (Fsp3) is 0.308. The van der Waals surface area contributed by atoms with Crippen molar-refractivity contribution in [3.63, 3.8) is 0 Å². The molecule has 0 saturated heterocycles.